The number of benzene rings is 8. The fourth-order valence-electron chi connectivity index (χ4n) is 8.87. The quantitative estimate of drug-likeness (QED) is 0.149. The van der Waals surface area contributed by atoms with E-state index in [9.17, 15) is 0 Å². The molecule has 12 rings (SSSR count). The molecular weight excluding hydrogens is 771 g/mol. The van der Waals surface area contributed by atoms with Crippen LogP contribution in [0.4, 0.5) is 0 Å². The van der Waals surface area contributed by atoms with Crippen LogP contribution in [0.1, 0.15) is 12.7 Å². The second kappa shape index (κ2) is 14.9. The second-order valence-electron chi connectivity index (χ2n) is 15.8. The Morgan fingerprint density at radius 2 is 0.984 bits per heavy atom. The summed E-state index contributed by atoms with van der Waals surface area (Å²) in [6.45, 7) is 2.16. The number of hydrogen-bond acceptors (Lipinski definition) is 6. The Labute approximate surface area is 363 Å². The zero-order valence-corrected chi connectivity index (χ0v) is 34.3. The minimum Gasteiger partial charge on any atom is -0.296 e. The van der Waals surface area contributed by atoms with Crippen molar-refractivity contribution in [3.63, 3.8) is 0 Å². The number of pyridine rings is 2. The Morgan fingerprint density at radius 3 is 1.68 bits per heavy atom. The van der Waals surface area contributed by atoms with Gasteiger partial charge in [-0.1, -0.05) is 153 Å². The molecule has 0 saturated heterocycles. The number of hydrogen-bond donors (Lipinski definition) is 0. The third kappa shape index (κ3) is 6.37. The average Bonchev–Trinajstić information content (AvgIpc) is 3.75. The van der Waals surface area contributed by atoms with Gasteiger partial charge in [0.15, 0.2) is 17.5 Å². The van der Waals surface area contributed by atoms with Crippen molar-refractivity contribution in [2.75, 3.05) is 0 Å². The number of aromatic nitrogens is 7. The number of rotatable bonds is 7. The van der Waals surface area contributed by atoms with Crippen molar-refractivity contribution in [3.8, 4) is 62.5 Å². The van der Waals surface area contributed by atoms with Gasteiger partial charge in [-0.3, -0.25) is 4.57 Å². The molecule has 0 unspecified atom stereocenters. The molecule has 0 fully saturated rings. The molecule has 0 N–H and O–H groups in total. The van der Waals surface area contributed by atoms with Gasteiger partial charge in [0.05, 0.1) is 27.9 Å². The summed E-state index contributed by atoms with van der Waals surface area (Å²) in [5.74, 6) is 2.70. The third-order valence-electron chi connectivity index (χ3n) is 12.0. The van der Waals surface area contributed by atoms with E-state index >= 15 is 0 Å². The summed E-state index contributed by atoms with van der Waals surface area (Å²) < 4.78 is 2.28. The average molecular weight is 808 g/mol. The molecule has 0 atom stereocenters. The number of nitrogens with zero attached hydrogens (tertiary/aromatic N) is 7. The van der Waals surface area contributed by atoms with Crippen molar-refractivity contribution in [3.05, 3.63) is 200 Å². The van der Waals surface area contributed by atoms with Gasteiger partial charge >= 0.3 is 0 Å². The van der Waals surface area contributed by atoms with E-state index in [1.807, 2.05) is 30.3 Å². The number of aryl methyl sites for hydroxylation is 1. The van der Waals surface area contributed by atoms with Crippen molar-refractivity contribution in [2.45, 2.75) is 13.3 Å². The maximum absolute atomic E-state index is 5.33. The lowest BCUT2D eigenvalue weighted by Gasteiger charge is -2.13. The molecule has 0 aliphatic carbocycles. The summed E-state index contributed by atoms with van der Waals surface area (Å²) >= 11 is 0. The van der Waals surface area contributed by atoms with Gasteiger partial charge in [0.2, 0.25) is 0 Å². The highest BCUT2D eigenvalue weighted by Gasteiger charge is 2.20. The lowest BCUT2D eigenvalue weighted by atomic mass is 9.97. The van der Waals surface area contributed by atoms with Crippen LogP contribution in [0.15, 0.2) is 194 Å². The molecule has 4 heterocycles. The van der Waals surface area contributed by atoms with Gasteiger partial charge in [-0.25, -0.2) is 29.9 Å². The first-order valence-electron chi connectivity index (χ1n) is 21.3. The molecule has 8 aromatic carbocycles. The first-order chi connectivity index (χ1) is 31.1. The molecular formula is C56H37N7. The Kier molecular flexibility index (Phi) is 8.64. The largest absolute Gasteiger partial charge is 0.296 e. The summed E-state index contributed by atoms with van der Waals surface area (Å²) in [4.78, 5) is 31.0. The van der Waals surface area contributed by atoms with Gasteiger partial charge in [0, 0.05) is 45.1 Å². The van der Waals surface area contributed by atoms with E-state index in [0.717, 1.165) is 106 Å². The number of para-hydroxylation sites is 2. The molecule has 0 bridgehead atoms. The predicted molar refractivity (Wildman–Crippen MR) is 257 cm³/mol. The smallest absolute Gasteiger partial charge is 0.182 e. The second-order valence-corrected chi connectivity index (χ2v) is 15.8. The van der Waals surface area contributed by atoms with Gasteiger partial charge in [0.1, 0.15) is 11.5 Å². The lowest BCUT2D eigenvalue weighted by Crippen LogP contribution is -2.01. The molecule has 0 radical (unpaired) electrons. The number of fused-ring (bicyclic) bond motifs is 7. The van der Waals surface area contributed by atoms with Crippen molar-refractivity contribution in [1.82, 2.24) is 34.5 Å². The van der Waals surface area contributed by atoms with Gasteiger partial charge < -0.3 is 0 Å². The van der Waals surface area contributed by atoms with Crippen LogP contribution >= 0.6 is 0 Å². The molecule has 7 nitrogen and oxygen atoms in total. The molecule has 0 saturated carbocycles. The van der Waals surface area contributed by atoms with Crippen LogP contribution in [0, 0.1) is 0 Å². The maximum atomic E-state index is 5.33. The first kappa shape index (κ1) is 36.4. The molecule has 0 aliphatic heterocycles. The fraction of sp³-hybridized carbons (Fsp3) is 0.0357. The highest BCUT2D eigenvalue weighted by atomic mass is 15.1. The van der Waals surface area contributed by atoms with E-state index in [0.29, 0.717) is 23.2 Å². The monoisotopic (exact) mass is 807 g/mol. The SMILES string of the molecule is CCc1nc2c3c(-c4ccc(-c5cccc(-c6nc(-c7ccc8ccccc8c7)nc(-c7ccc8ccccc8c7)n6)n5)cc4)nc4ccccc4c3ccc2n1-c1ccccc1. The van der Waals surface area contributed by atoms with Gasteiger partial charge in [0.25, 0.3) is 0 Å². The summed E-state index contributed by atoms with van der Waals surface area (Å²) in [7, 11) is 0. The zero-order valence-electron chi connectivity index (χ0n) is 34.3. The van der Waals surface area contributed by atoms with E-state index in [2.05, 4.69) is 175 Å². The lowest BCUT2D eigenvalue weighted by molar-refractivity contribution is 0.908. The first-order valence-corrected chi connectivity index (χ1v) is 21.3. The van der Waals surface area contributed by atoms with Gasteiger partial charge in [-0.05, 0) is 75.5 Å². The van der Waals surface area contributed by atoms with Crippen LogP contribution in [0.3, 0.4) is 0 Å². The van der Waals surface area contributed by atoms with E-state index in [4.69, 9.17) is 29.9 Å². The molecule has 0 spiro atoms. The molecule has 4 aromatic heterocycles. The van der Waals surface area contributed by atoms with Crippen LogP contribution in [-0.4, -0.2) is 34.5 Å². The van der Waals surface area contributed by atoms with Crippen LogP contribution in [0.2, 0.25) is 0 Å². The highest BCUT2D eigenvalue weighted by molar-refractivity contribution is 6.20. The molecule has 0 aliphatic rings. The van der Waals surface area contributed by atoms with Crippen molar-refractivity contribution in [2.24, 2.45) is 0 Å². The molecule has 63 heavy (non-hydrogen) atoms. The van der Waals surface area contributed by atoms with Crippen LogP contribution in [0.25, 0.3) is 117 Å². The molecule has 296 valence electrons. The van der Waals surface area contributed by atoms with Crippen LogP contribution < -0.4 is 0 Å². The minimum absolute atomic E-state index is 0.507. The summed E-state index contributed by atoms with van der Waals surface area (Å²) in [6.07, 6.45) is 0.794. The summed E-state index contributed by atoms with van der Waals surface area (Å²) in [5, 5.41) is 7.84. The molecule has 0 amide bonds. The van der Waals surface area contributed by atoms with Gasteiger partial charge in [-0.15, -0.1) is 0 Å². The van der Waals surface area contributed by atoms with E-state index < -0.39 is 0 Å². The zero-order chi connectivity index (χ0) is 41.9. The predicted octanol–water partition coefficient (Wildman–Crippen LogP) is 13.5. The Balaban J connectivity index is 0.969. The standard InChI is InChI=1S/C56H37N7/c1-2-50-59-53-49(63(50)43-17-4-3-5-18-43)32-31-45-44-19-10-11-20-47(44)58-52(51(45)53)38-27-25-37(26-28-38)46-21-12-22-48(57-46)56-61-54(41-29-23-35-13-6-8-15-39(35)33-41)60-55(62-56)42-30-24-36-14-7-9-16-40(36)34-42/h3-34H,2H2,1H3. The maximum Gasteiger partial charge on any atom is 0.182 e. The van der Waals surface area contributed by atoms with E-state index in [1.165, 1.54) is 0 Å². The Hall–Kier alpha value is -8.42. The van der Waals surface area contributed by atoms with Crippen LogP contribution in [-0.2, 0) is 6.42 Å². The van der Waals surface area contributed by atoms with Crippen molar-refractivity contribution in [1.29, 1.82) is 0 Å². The van der Waals surface area contributed by atoms with Crippen molar-refractivity contribution < 1.29 is 0 Å². The van der Waals surface area contributed by atoms with E-state index in [1.54, 1.807) is 0 Å². The summed E-state index contributed by atoms with van der Waals surface area (Å²) in [6, 6.07) is 67.2. The third-order valence-corrected chi connectivity index (χ3v) is 12.0. The van der Waals surface area contributed by atoms with Crippen LogP contribution in [0.5, 0.6) is 0 Å². The molecule has 7 heteroatoms. The Morgan fingerprint density at radius 1 is 0.397 bits per heavy atom. The fourth-order valence-corrected chi connectivity index (χ4v) is 8.87. The van der Waals surface area contributed by atoms with E-state index in [-0.39, 0.29) is 0 Å². The normalized spacial score (nSPS) is 11.6. The Bertz CT molecular complexity index is 3630. The minimum atomic E-state index is 0.507. The number of imidazole rings is 1. The van der Waals surface area contributed by atoms with Crippen molar-refractivity contribution >= 4 is 54.3 Å². The summed E-state index contributed by atoms with van der Waals surface area (Å²) in [5.41, 5.74) is 10.2. The van der Waals surface area contributed by atoms with Gasteiger partial charge in [-0.2, -0.15) is 0 Å². The topological polar surface area (TPSA) is 82.3 Å². The molecule has 12 aromatic rings. The highest BCUT2D eigenvalue weighted by Crippen LogP contribution is 2.39.